The van der Waals surface area contributed by atoms with Gasteiger partial charge in [0.25, 0.3) is 0 Å². The third-order valence-electron chi connectivity index (χ3n) is 7.29. The van der Waals surface area contributed by atoms with Crippen molar-refractivity contribution in [2.24, 2.45) is 0 Å². The Labute approximate surface area is 217 Å². The molecule has 0 radical (unpaired) electrons. The molecule has 2 N–H and O–H groups in total. The van der Waals surface area contributed by atoms with Crippen LogP contribution >= 0.6 is 0 Å². The van der Waals surface area contributed by atoms with Gasteiger partial charge in [0, 0.05) is 30.3 Å². The Balaban J connectivity index is 1.20. The standard InChI is InChI=1S/C30H32N6O/c1-4-37-24-7-5-6-23(16-24)27-20(3)33-28(35-27)22-12-14-36(15-13-22)30-25-17-26(34-29(25)31-18-32-30)21-10-8-19(2)9-11-21/h5-11,16-18,22H,4,12-15H2,1-3H3,(H,33,35)(H,31,32,34). The van der Waals surface area contributed by atoms with Gasteiger partial charge in [-0.3, -0.25) is 0 Å². The third-order valence-corrected chi connectivity index (χ3v) is 7.29. The molecule has 0 spiro atoms. The minimum atomic E-state index is 0.394. The third kappa shape index (κ3) is 4.57. The van der Waals surface area contributed by atoms with Crippen molar-refractivity contribution in [2.45, 2.75) is 39.5 Å². The Morgan fingerprint density at radius 2 is 1.76 bits per heavy atom. The molecule has 0 aliphatic carbocycles. The number of aromatic nitrogens is 5. The molecule has 1 aliphatic rings. The fraction of sp³-hybridized carbons (Fsp3) is 0.300. The van der Waals surface area contributed by atoms with E-state index in [4.69, 9.17) is 14.7 Å². The highest BCUT2D eigenvalue weighted by atomic mass is 16.5. The number of imidazole rings is 1. The summed E-state index contributed by atoms with van der Waals surface area (Å²) in [6, 6.07) is 19.0. The summed E-state index contributed by atoms with van der Waals surface area (Å²) >= 11 is 0. The molecule has 37 heavy (non-hydrogen) atoms. The molecule has 4 heterocycles. The molecule has 0 atom stereocenters. The first kappa shape index (κ1) is 23.3. The number of nitrogens with zero attached hydrogens (tertiary/aromatic N) is 4. The normalized spacial score (nSPS) is 14.4. The van der Waals surface area contributed by atoms with Gasteiger partial charge in [-0.05, 0) is 57.4 Å². The highest BCUT2D eigenvalue weighted by Gasteiger charge is 2.26. The second-order valence-electron chi connectivity index (χ2n) is 9.81. The molecule has 1 aliphatic heterocycles. The number of anilines is 1. The van der Waals surface area contributed by atoms with Crippen LogP contribution in [0.1, 0.15) is 42.8 Å². The number of fused-ring (bicyclic) bond motifs is 1. The molecular formula is C30H32N6O. The summed E-state index contributed by atoms with van der Waals surface area (Å²) in [6.45, 7) is 8.70. The molecule has 5 aromatic rings. The molecule has 3 aromatic heterocycles. The quantitative estimate of drug-likeness (QED) is 0.286. The molecule has 188 valence electrons. The van der Waals surface area contributed by atoms with E-state index in [1.54, 1.807) is 6.33 Å². The van der Waals surface area contributed by atoms with Crippen LogP contribution in [0.3, 0.4) is 0 Å². The van der Waals surface area contributed by atoms with Gasteiger partial charge in [-0.1, -0.05) is 42.0 Å². The van der Waals surface area contributed by atoms with Gasteiger partial charge in [0.05, 0.1) is 23.4 Å². The number of aromatic amines is 2. The molecule has 0 unspecified atom stereocenters. The lowest BCUT2D eigenvalue weighted by molar-refractivity contribution is 0.340. The maximum Gasteiger partial charge on any atom is 0.143 e. The van der Waals surface area contributed by atoms with Crippen LogP contribution in [0.5, 0.6) is 5.75 Å². The van der Waals surface area contributed by atoms with Crippen molar-refractivity contribution in [3.05, 3.63) is 78.0 Å². The number of piperidine rings is 1. The minimum absolute atomic E-state index is 0.394. The van der Waals surface area contributed by atoms with Crippen LogP contribution in [0, 0.1) is 13.8 Å². The molecule has 2 aromatic carbocycles. The fourth-order valence-electron chi connectivity index (χ4n) is 5.30. The number of nitrogens with one attached hydrogen (secondary N) is 2. The van der Waals surface area contributed by atoms with E-state index in [0.29, 0.717) is 12.5 Å². The van der Waals surface area contributed by atoms with Crippen LogP contribution < -0.4 is 9.64 Å². The smallest absolute Gasteiger partial charge is 0.143 e. The topological polar surface area (TPSA) is 82.7 Å². The minimum Gasteiger partial charge on any atom is -0.494 e. The van der Waals surface area contributed by atoms with Crippen LogP contribution in [0.15, 0.2) is 60.9 Å². The zero-order chi connectivity index (χ0) is 25.4. The maximum atomic E-state index is 5.69. The van der Waals surface area contributed by atoms with Gasteiger partial charge in [-0.2, -0.15) is 0 Å². The van der Waals surface area contributed by atoms with Gasteiger partial charge in [-0.25, -0.2) is 15.0 Å². The lowest BCUT2D eigenvalue weighted by atomic mass is 9.96. The summed E-state index contributed by atoms with van der Waals surface area (Å²) in [6.07, 6.45) is 3.70. The van der Waals surface area contributed by atoms with E-state index in [1.807, 2.05) is 19.1 Å². The summed E-state index contributed by atoms with van der Waals surface area (Å²) < 4.78 is 5.69. The van der Waals surface area contributed by atoms with Crippen LogP contribution in [0.25, 0.3) is 33.5 Å². The van der Waals surface area contributed by atoms with Crippen molar-refractivity contribution < 1.29 is 4.74 Å². The summed E-state index contributed by atoms with van der Waals surface area (Å²) in [5, 5.41) is 1.07. The van der Waals surface area contributed by atoms with Crippen molar-refractivity contribution in [3.63, 3.8) is 0 Å². The van der Waals surface area contributed by atoms with Crippen molar-refractivity contribution >= 4 is 16.9 Å². The van der Waals surface area contributed by atoms with Gasteiger partial charge in [0.2, 0.25) is 0 Å². The lowest BCUT2D eigenvalue weighted by Crippen LogP contribution is -2.33. The van der Waals surface area contributed by atoms with E-state index in [0.717, 1.165) is 82.6 Å². The molecular weight excluding hydrogens is 460 g/mol. The van der Waals surface area contributed by atoms with Crippen LogP contribution in [0.2, 0.25) is 0 Å². The summed E-state index contributed by atoms with van der Waals surface area (Å²) in [5.41, 5.74) is 7.57. The number of H-pyrrole nitrogens is 2. The molecule has 7 nitrogen and oxygen atoms in total. The first-order valence-electron chi connectivity index (χ1n) is 13.0. The zero-order valence-electron chi connectivity index (χ0n) is 21.6. The summed E-state index contributed by atoms with van der Waals surface area (Å²) in [7, 11) is 0. The lowest BCUT2D eigenvalue weighted by Gasteiger charge is -2.32. The summed E-state index contributed by atoms with van der Waals surface area (Å²) in [5.74, 6) is 3.35. The molecule has 0 amide bonds. The fourth-order valence-corrected chi connectivity index (χ4v) is 5.30. The van der Waals surface area contributed by atoms with E-state index in [1.165, 1.54) is 5.56 Å². The molecule has 1 fully saturated rings. The van der Waals surface area contributed by atoms with E-state index >= 15 is 0 Å². The number of benzene rings is 2. The largest absolute Gasteiger partial charge is 0.494 e. The maximum absolute atomic E-state index is 5.69. The Bertz CT molecular complexity index is 1530. The average Bonchev–Trinajstić information content (AvgIpc) is 3.53. The van der Waals surface area contributed by atoms with Crippen molar-refractivity contribution in [2.75, 3.05) is 24.6 Å². The van der Waals surface area contributed by atoms with E-state index in [9.17, 15) is 0 Å². The monoisotopic (exact) mass is 492 g/mol. The Morgan fingerprint density at radius 1 is 0.946 bits per heavy atom. The number of hydrogen-bond acceptors (Lipinski definition) is 5. The average molecular weight is 493 g/mol. The van der Waals surface area contributed by atoms with Crippen molar-refractivity contribution in [1.82, 2.24) is 24.9 Å². The van der Waals surface area contributed by atoms with Crippen LogP contribution in [-0.2, 0) is 0 Å². The first-order valence-corrected chi connectivity index (χ1v) is 13.0. The Kier molecular flexibility index (Phi) is 6.12. The number of aryl methyl sites for hydroxylation is 2. The van der Waals surface area contributed by atoms with E-state index < -0.39 is 0 Å². The highest BCUT2D eigenvalue weighted by Crippen LogP contribution is 2.35. The number of hydrogen-bond donors (Lipinski definition) is 2. The Hall–Kier alpha value is -4.13. The predicted molar refractivity (Wildman–Crippen MR) is 148 cm³/mol. The molecule has 6 rings (SSSR count). The van der Waals surface area contributed by atoms with E-state index in [2.05, 4.69) is 76.2 Å². The summed E-state index contributed by atoms with van der Waals surface area (Å²) in [4.78, 5) is 23.6. The van der Waals surface area contributed by atoms with Crippen LogP contribution in [0.4, 0.5) is 5.82 Å². The molecule has 7 heteroatoms. The Morgan fingerprint density at radius 3 is 2.54 bits per heavy atom. The van der Waals surface area contributed by atoms with Gasteiger partial charge in [0.15, 0.2) is 0 Å². The second kappa shape index (κ2) is 9.73. The van der Waals surface area contributed by atoms with Gasteiger partial charge < -0.3 is 19.6 Å². The molecule has 0 saturated carbocycles. The van der Waals surface area contributed by atoms with Crippen LogP contribution in [-0.4, -0.2) is 44.6 Å². The van der Waals surface area contributed by atoms with E-state index in [-0.39, 0.29) is 0 Å². The van der Waals surface area contributed by atoms with Crippen molar-refractivity contribution in [3.8, 4) is 28.3 Å². The highest BCUT2D eigenvalue weighted by molar-refractivity contribution is 5.92. The number of rotatable bonds is 6. The zero-order valence-corrected chi connectivity index (χ0v) is 21.6. The second-order valence-corrected chi connectivity index (χ2v) is 9.81. The number of ether oxygens (including phenoxy) is 1. The predicted octanol–water partition coefficient (Wildman–Crippen LogP) is 6.41. The van der Waals surface area contributed by atoms with Gasteiger partial charge in [0.1, 0.15) is 29.4 Å². The van der Waals surface area contributed by atoms with Gasteiger partial charge >= 0.3 is 0 Å². The first-order chi connectivity index (χ1) is 18.1. The molecule has 0 bridgehead atoms. The SMILES string of the molecule is CCOc1cccc(-c2[nH]c(C3CCN(c4ncnc5[nH]c(-c6ccc(C)cc6)cc45)CC3)nc2C)c1. The van der Waals surface area contributed by atoms with Gasteiger partial charge in [-0.15, -0.1) is 0 Å². The van der Waals surface area contributed by atoms with Crippen molar-refractivity contribution in [1.29, 1.82) is 0 Å². The molecule has 1 saturated heterocycles.